The lowest BCUT2D eigenvalue weighted by molar-refractivity contribution is 0.0951. The second-order valence-corrected chi connectivity index (χ2v) is 4.48. The molecule has 1 N–H and O–H groups in total. The van der Waals surface area contributed by atoms with Gasteiger partial charge in [0.15, 0.2) is 0 Å². The SMILES string of the molecule is CN(C)CCNC(=O)c1ccc(Br)cc1.Cl. The van der Waals surface area contributed by atoms with Crippen LogP contribution in [0.5, 0.6) is 0 Å². The minimum Gasteiger partial charge on any atom is -0.351 e. The van der Waals surface area contributed by atoms with E-state index in [-0.39, 0.29) is 18.3 Å². The predicted molar refractivity (Wildman–Crippen MR) is 72.3 cm³/mol. The van der Waals surface area contributed by atoms with Gasteiger partial charge in [-0.15, -0.1) is 12.4 Å². The highest BCUT2D eigenvalue weighted by atomic mass is 79.9. The van der Waals surface area contributed by atoms with E-state index in [0.717, 1.165) is 11.0 Å². The van der Waals surface area contributed by atoms with Crippen LogP contribution >= 0.6 is 28.3 Å². The Kier molecular flexibility index (Phi) is 7.38. The van der Waals surface area contributed by atoms with E-state index in [0.29, 0.717) is 12.1 Å². The van der Waals surface area contributed by atoms with Gasteiger partial charge in [-0.05, 0) is 38.4 Å². The second kappa shape index (κ2) is 7.65. The molecule has 1 aromatic rings. The smallest absolute Gasteiger partial charge is 0.251 e. The number of hydrogen-bond donors (Lipinski definition) is 1. The Hall–Kier alpha value is -0.580. The third kappa shape index (κ3) is 5.49. The van der Waals surface area contributed by atoms with E-state index < -0.39 is 0 Å². The third-order valence-corrected chi connectivity index (χ3v) is 2.48. The summed E-state index contributed by atoms with van der Waals surface area (Å²) in [6.45, 7) is 1.52. The molecule has 0 saturated carbocycles. The van der Waals surface area contributed by atoms with Crippen LogP contribution in [0.15, 0.2) is 28.7 Å². The Balaban J connectivity index is 0.00000225. The van der Waals surface area contributed by atoms with Crippen LogP contribution in [0.25, 0.3) is 0 Å². The number of carbonyl (C=O) groups is 1. The van der Waals surface area contributed by atoms with Crippen LogP contribution in [0, 0.1) is 0 Å². The van der Waals surface area contributed by atoms with Crippen LogP contribution in [-0.2, 0) is 0 Å². The molecular formula is C11H16BrClN2O. The van der Waals surface area contributed by atoms with Crippen LogP contribution in [-0.4, -0.2) is 38.0 Å². The molecule has 0 spiro atoms. The number of nitrogens with one attached hydrogen (secondary N) is 1. The molecule has 90 valence electrons. The van der Waals surface area contributed by atoms with Crippen LogP contribution in [0.4, 0.5) is 0 Å². The molecule has 0 radical (unpaired) electrons. The maximum atomic E-state index is 11.6. The maximum absolute atomic E-state index is 11.6. The minimum atomic E-state index is -0.0237. The van der Waals surface area contributed by atoms with Gasteiger partial charge in [-0.25, -0.2) is 0 Å². The Morgan fingerprint density at radius 1 is 1.31 bits per heavy atom. The number of amides is 1. The van der Waals surface area contributed by atoms with E-state index in [1.54, 1.807) is 12.1 Å². The van der Waals surface area contributed by atoms with Gasteiger partial charge >= 0.3 is 0 Å². The van der Waals surface area contributed by atoms with E-state index in [4.69, 9.17) is 0 Å². The number of rotatable bonds is 4. The van der Waals surface area contributed by atoms with E-state index in [1.165, 1.54) is 0 Å². The molecule has 0 heterocycles. The zero-order chi connectivity index (χ0) is 11.3. The van der Waals surface area contributed by atoms with Gasteiger partial charge in [-0.2, -0.15) is 0 Å². The summed E-state index contributed by atoms with van der Waals surface area (Å²) in [6, 6.07) is 7.33. The maximum Gasteiger partial charge on any atom is 0.251 e. The molecule has 3 nitrogen and oxygen atoms in total. The zero-order valence-corrected chi connectivity index (χ0v) is 11.8. The summed E-state index contributed by atoms with van der Waals surface area (Å²) in [4.78, 5) is 13.6. The Morgan fingerprint density at radius 3 is 2.38 bits per heavy atom. The average molecular weight is 308 g/mol. The topological polar surface area (TPSA) is 32.3 Å². The van der Waals surface area contributed by atoms with Gasteiger partial charge in [0.25, 0.3) is 5.91 Å². The number of likely N-dealkylation sites (N-methyl/N-ethyl adjacent to an activating group) is 1. The quantitative estimate of drug-likeness (QED) is 0.924. The van der Waals surface area contributed by atoms with Crippen molar-refractivity contribution in [1.29, 1.82) is 0 Å². The highest BCUT2D eigenvalue weighted by molar-refractivity contribution is 9.10. The van der Waals surface area contributed by atoms with Crippen molar-refractivity contribution in [3.63, 3.8) is 0 Å². The highest BCUT2D eigenvalue weighted by Gasteiger charge is 2.03. The number of halogens is 2. The summed E-state index contributed by atoms with van der Waals surface area (Å²) in [6.07, 6.45) is 0. The first kappa shape index (κ1) is 15.4. The molecule has 16 heavy (non-hydrogen) atoms. The third-order valence-electron chi connectivity index (χ3n) is 1.95. The van der Waals surface area contributed by atoms with Gasteiger partial charge < -0.3 is 10.2 Å². The van der Waals surface area contributed by atoms with Gasteiger partial charge in [0.05, 0.1) is 0 Å². The monoisotopic (exact) mass is 306 g/mol. The summed E-state index contributed by atoms with van der Waals surface area (Å²) in [7, 11) is 3.96. The molecule has 5 heteroatoms. The lowest BCUT2D eigenvalue weighted by Gasteiger charge is -2.10. The van der Waals surface area contributed by atoms with Crippen molar-refractivity contribution in [1.82, 2.24) is 10.2 Å². The molecule has 0 aromatic heterocycles. The molecule has 0 unspecified atom stereocenters. The van der Waals surface area contributed by atoms with E-state index in [2.05, 4.69) is 21.2 Å². The van der Waals surface area contributed by atoms with Crippen molar-refractivity contribution in [2.75, 3.05) is 27.2 Å². The van der Waals surface area contributed by atoms with Crippen LogP contribution in [0.3, 0.4) is 0 Å². The first-order valence-corrected chi connectivity index (χ1v) is 5.57. The molecule has 1 amide bonds. The summed E-state index contributed by atoms with van der Waals surface area (Å²) in [5.74, 6) is -0.0237. The molecule has 0 aliphatic carbocycles. The van der Waals surface area contributed by atoms with Gasteiger partial charge in [0.1, 0.15) is 0 Å². The molecular weight excluding hydrogens is 291 g/mol. The number of carbonyl (C=O) groups excluding carboxylic acids is 1. The Labute approximate surface area is 111 Å². The van der Waals surface area contributed by atoms with Crippen LogP contribution < -0.4 is 5.32 Å². The summed E-state index contributed by atoms with van der Waals surface area (Å²) in [5, 5.41) is 2.85. The molecule has 0 aliphatic rings. The van der Waals surface area contributed by atoms with Gasteiger partial charge in [-0.3, -0.25) is 4.79 Å². The van der Waals surface area contributed by atoms with Crippen LogP contribution in [0.1, 0.15) is 10.4 Å². The molecule has 0 atom stereocenters. The van der Waals surface area contributed by atoms with E-state index in [1.807, 2.05) is 31.1 Å². The van der Waals surface area contributed by atoms with Crippen molar-refractivity contribution in [3.05, 3.63) is 34.3 Å². The largest absolute Gasteiger partial charge is 0.351 e. The van der Waals surface area contributed by atoms with Crippen LogP contribution in [0.2, 0.25) is 0 Å². The van der Waals surface area contributed by atoms with E-state index >= 15 is 0 Å². The molecule has 0 saturated heterocycles. The summed E-state index contributed by atoms with van der Waals surface area (Å²) in [5.41, 5.74) is 0.692. The van der Waals surface area contributed by atoms with Gasteiger partial charge in [0, 0.05) is 23.1 Å². The summed E-state index contributed by atoms with van der Waals surface area (Å²) >= 11 is 3.33. The first-order chi connectivity index (χ1) is 7.09. The number of hydrogen-bond acceptors (Lipinski definition) is 2. The minimum absolute atomic E-state index is 0. The highest BCUT2D eigenvalue weighted by Crippen LogP contribution is 2.10. The van der Waals surface area contributed by atoms with Gasteiger partial charge in [0.2, 0.25) is 0 Å². The fraction of sp³-hybridized carbons (Fsp3) is 0.364. The number of nitrogens with zero attached hydrogens (tertiary/aromatic N) is 1. The standard InChI is InChI=1S/C11H15BrN2O.ClH/c1-14(2)8-7-13-11(15)9-3-5-10(12)6-4-9;/h3-6H,7-8H2,1-2H3,(H,13,15);1H. The van der Waals surface area contributed by atoms with Crippen molar-refractivity contribution >= 4 is 34.2 Å². The fourth-order valence-electron chi connectivity index (χ4n) is 1.10. The van der Waals surface area contributed by atoms with Crippen molar-refractivity contribution < 1.29 is 4.79 Å². The first-order valence-electron chi connectivity index (χ1n) is 4.78. The Bertz CT molecular complexity index is 327. The normalized spacial score (nSPS) is 9.75. The zero-order valence-electron chi connectivity index (χ0n) is 9.37. The molecule has 1 rings (SSSR count). The van der Waals surface area contributed by atoms with Gasteiger partial charge in [-0.1, -0.05) is 15.9 Å². The molecule has 0 fully saturated rings. The number of benzene rings is 1. The molecule has 1 aromatic carbocycles. The predicted octanol–water partition coefficient (Wildman–Crippen LogP) is 2.16. The van der Waals surface area contributed by atoms with Crippen molar-refractivity contribution in [3.8, 4) is 0 Å². The molecule has 0 aliphatic heterocycles. The van der Waals surface area contributed by atoms with E-state index in [9.17, 15) is 4.79 Å². The van der Waals surface area contributed by atoms with Crippen molar-refractivity contribution in [2.45, 2.75) is 0 Å². The Morgan fingerprint density at radius 2 is 1.88 bits per heavy atom. The lowest BCUT2D eigenvalue weighted by atomic mass is 10.2. The average Bonchev–Trinajstić information content (AvgIpc) is 2.18. The molecule has 0 bridgehead atoms. The second-order valence-electron chi connectivity index (χ2n) is 3.57. The fourth-order valence-corrected chi connectivity index (χ4v) is 1.36. The lowest BCUT2D eigenvalue weighted by Crippen LogP contribution is -2.31. The van der Waals surface area contributed by atoms with Crippen molar-refractivity contribution in [2.24, 2.45) is 0 Å². The summed E-state index contributed by atoms with van der Waals surface area (Å²) < 4.78 is 0.979.